The van der Waals surface area contributed by atoms with E-state index in [1.807, 2.05) is 48.5 Å². The van der Waals surface area contributed by atoms with Gasteiger partial charge in [-0.25, -0.2) is 0 Å². The highest BCUT2D eigenvalue weighted by Gasteiger charge is 2.55. The van der Waals surface area contributed by atoms with Gasteiger partial charge in [-0.3, -0.25) is 9.59 Å². The summed E-state index contributed by atoms with van der Waals surface area (Å²) in [5, 5.41) is 9.99. The molecule has 1 aliphatic heterocycles. The second-order valence-corrected chi connectivity index (χ2v) is 9.32. The molecule has 7 heteroatoms. The third-order valence-corrected chi connectivity index (χ3v) is 7.42. The number of anilines is 1. The van der Waals surface area contributed by atoms with E-state index in [0.717, 1.165) is 37.8 Å². The minimum Gasteiger partial charge on any atom is -0.493 e. The molecule has 2 bridgehead atoms. The van der Waals surface area contributed by atoms with Gasteiger partial charge in [0, 0.05) is 24.1 Å². The molecule has 4 aliphatic rings. The van der Waals surface area contributed by atoms with Crippen LogP contribution >= 0.6 is 0 Å². The largest absolute Gasteiger partial charge is 0.493 e. The Morgan fingerprint density at radius 3 is 2.67 bits per heavy atom. The van der Waals surface area contributed by atoms with E-state index >= 15 is 0 Å². The van der Waals surface area contributed by atoms with Crippen LogP contribution in [-0.2, 0) is 4.79 Å². The zero-order valence-corrected chi connectivity index (χ0v) is 18.9. The summed E-state index contributed by atoms with van der Waals surface area (Å²) in [5.41, 5.74) is 1.15. The molecular formula is C26H31N3O4. The predicted octanol–water partition coefficient (Wildman–Crippen LogP) is 3.57. The van der Waals surface area contributed by atoms with E-state index in [2.05, 4.69) is 16.0 Å². The first-order valence-corrected chi connectivity index (χ1v) is 11.8. The Bertz CT molecular complexity index is 1040. The van der Waals surface area contributed by atoms with Crippen LogP contribution in [0.4, 0.5) is 5.69 Å². The summed E-state index contributed by atoms with van der Waals surface area (Å²) in [7, 11) is 1.62. The number of nitrogens with one attached hydrogen (secondary N) is 3. The first-order chi connectivity index (χ1) is 16.1. The molecule has 33 heavy (non-hydrogen) atoms. The smallest absolute Gasteiger partial charge is 0.255 e. The van der Waals surface area contributed by atoms with E-state index in [1.165, 1.54) is 0 Å². The second kappa shape index (κ2) is 8.96. The average Bonchev–Trinajstić information content (AvgIpc) is 2.84. The lowest BCUT2D eigenvalue weighted by atomic mass is 9.58. The van der Waals surface area contributed by atoms with E-state index in [9.17, 15) is 9.59 Å². The van der Waals surface area contributed by atoms with Gasteiger partial charge in [-0.15, -0.1) is 0 Å². The van der Waals surface area contributed by atoms with Gasteiger partial charge in [-0.1, -0.05) is 24.3 Å². The van der Waals surface area contributed by atoms with Gasteiger partial charge in [-0.05, 0) is 62.3 Å². The number of hydrogen-bond acceptors (Lipinski definition) is 5. The first-order valence-electron chi connectivity index (χ1n) is 11.8. The number of rotatable bonds is 7. The normalized spacial score (nSPS) is 27.3. The van der Waals surface area contributed by atoms with Crippen LogP contribution in [0.2, 0.25) is 0 Å². The number of carbonyl (C=O) groups excluding carboxylic acids is 2. The van der Waals surface area contributed by atoms with Gasteiger partial charge < -0.3 is 25.4 Å². The van der Waals surface area contributed by atoms with Crippen LogP contribution < -0.4 is 25.4 Å². The molecule has 0 radical (unpaired) electrons. The fraction of sp³-hybridized carbons (Fsp3) is 0.462. The molecule has 0 aromatic heterocycles. The Labute approximate surface area is 194 Å². The van der Waals surface area contributed by atoms with Crippen molar-refractivity contribution >= 4 is 17.5 Å². The fourth-order valence-corrected chi connectivity index (χ4v) is 5.80. The van der Waals surface area contributed by atoms with Gasteiger partial charge >= 0.3 is 0 Å². The Balaban J connectivity index is 1.14. The van der Waals surface area contributed by atoms with Gasteiger partial charge in [-0.2, -0.15) is 0 Å². The molecule has 6 rings (SSSR count). The first kappa shape index (κ1) is 21.6. The van der Waals surface area contributed by atoms with Crippen molar-refractivity contribution in [2.45, 2.75) is 37.8 Å². The van der Waals surface area contributed by atoms with E-state index in [1.54, 1.807) is 7.11 Å². The van der Waals surface area contributed by atoms with E-state index < -0.39 is 5.66 Å². The molecule has 0 unspecified atom stereocenters. The standard InChI is InChI=1S/C26H31N3O4/c1-32-22-9-4-5-10-23(22)33-14-6-13-27-24(30)20-15-18-12-11-17(20)16-26(18)28-21-8-3-2-7-19(21)25(31)29-26/h2-5,7-10,17-18,20,28H,6,11-16H2,1H3,(H,27,30)(H,29,31)/t17-,18-,20-,26-/m1/s1. The summed E-state index contributed by atoms with van der Waals surface area (Å²) in [4.78, 5) is 25.7. The number of methoxy groups -OCH3 is 1. The van der Waals surface area contributed by atoms with Gasteiger partial charge in [0.15, 0.2) is 11.5 Å². The Morgan fingerprint density at radius 2 is 1.88 bits per heavy atom. The summed E-state index contributed by atoms with van der Waals surface area (Å²) in [6, 6.07) is 15.2. The molecule has 3 saturated carbocycles. The lowest BCUT2D eigenvalue weighted by molar-refractivity contribution is -0.132. The third kappa shape index (κ3) is 4.12. The molecule has 3 N–H and O–H groups in total. The maximum Gasteiger partial charge on any atom is 0.255 e. The highest BCUT2D eigenvalue weighted by atomic mass is 16.5. The zero-order valence-electron chi connectivity index (χ0n) is 18.9. The van der Waals surface area contributed by atoms with E-state index in [0.29, 0.717) is 30.2 Å². The van der Waals surface area contributed by atoms with Crippen molar-refractivity contribution in [2.24, 2.45) is 17.8 Å². The number of amides is 2. The van der Waals surface area contributed by atoms with E-state index in [-0.39, 0.29) is 29.6 Å². The molecule has 4 atom stereocenters. The molecule has 2 amide bonds. The summed E-state index contributed by atoms with van der Waals surface area (Å²) in [6.07, 6.45) is 4.36. The van der Waals surface area contributed by atoms with E-state index in [4.69, 9.17) is 9.47 Å². The van der Waals surface area contributed by atoms with Crippen LogP contribution in [0.1, 0.15) is 42.5 Å². The Morgan fingerprint density at radius 1 is 1.09 bits per heavy atom. The summed E-state index contributed by atoms with van der Waals surface area (Å²) in [6.45, 7) is 1.09. The highest BCUT2D eigenvalue weighted by molar-refractivity contribution is 6.02. The van der Waals surface area contributed by atoms with Crippen LogP contribution in [0.25, 0.3) is 0 Å². The molecule has 7 nitrogen and oxygen atoms in total. The molecule has 3 aliphatic carbocycles. The summed E-state index contributed by atoms with van der Waals surface area (Å²) in [5.74, 6) is 2.03. The van der Waals surface area contributed by atoms with Gasteiger partial charge in [0.05, 0.1) is 19.3 Å². The van der Waals surface area contributed by atoms with Crippen molar-refractivity contribution in [3.63, 3.8) is 0 Å². The molecule has 0 saturated heterocycles. The molecule has 3 fully saturated rings. The quantitative estimate of drug-likeness (QED) is 0.563. The zero-order chi connectivity index (χ0) is 22.8. The lowest BCUT2D eigenvalue weighted by Crippen LogP contribution is -2.68. The number of benzene rings is 2. The van der Waals surface area contributed by atoms with Crippen LogP contribution in [-0.4, -0.2) is 37.7 Å². The molecule has 2 aromatic carbocycles. The van der Waals surface area contributed by atoms with Crippen molar-refractivity contribution in [3.8, 4) is 11.5 Å². The number of ether oxygens (including phenoxy) is 2. The predicted molar refractivity (Wildman–Crippen MR) is 125 cm³/mol. The lowest BCUT2D eigenvalue weighted by Gasteiger charge is -2.56. The highest BCUT2D eigenvalue weighted by Crippen LogP contribution is 2.51. The number of carbonyl (C=O) groups is 2. The topological polar surface area (TPSA) is 88.7 Å². The molecule has 174 valence electrons. The summed E-state index contributed by atoms with van der Waals surface area (Å²) < 4.78 is 11.1. The minimum atomic E-state index is -0.437. The molecule has 1 spiro atoms. The van der Waals surface area contributed by atoms with Gasteiger partial charge in [0.25, 0.3) is 5.91 Å². The van der Waals surface area contributed by atoms with Crippen molar-refractivity contribution < 1.29 is 19.1 Å². The van der Waals surface area contributed by atoms with Crippen LogP contribution in [0.15, 0.2) is 48.5 Å². The van der Waals surface area contributed by atoms with Crippen molar-refractivity contribution in [1.29, 1.82) is 0 Å². The van der Waals surface area contributed by atoms with Crippen LogP contribution in [0.3, 0.4) is 0 Å². The SMILES string of the molecule is COc1ccccc1OCCCNC(=O)[C@@H]1C[C@H]2CC[C@@H]1C[C@@]21NC(=O)c2ccccc2N1. The molecular weight excluding hydrogens is 418 g/mol. The number of hydrogen-bond donors (Lipinski definition) is 3. The van der Waals surface area contributed by atoms with Gasteiger partial charge in [0.2, 0.25) is 5.91 Å². The Kier molecular flexibility index (Phi) is 5.87. The molecule has 2 aromatic rings. The van der Waals surface area contributed by atoms with Crippen LogP contribution in [0, 0.1) is 17.8 Å². The van der Waals surface area contributed by atoms with Crippen molar-refractivity contribution in [2.75, 3.05) is 25.6 Å². The average molecular weight is 450 g/mol. The van der Waals surface area contributed by atoms with Crippen molar-refractivity contribution in [1.82, 2.24) is 10.6 Å². The van der Waals surface area contributed by atoms with Crippen LogP contribution in [0.5, 0.6) is 11.5 Å². The van der Waals surface area contributed by atoms with Crippen molar-refractivity contribution in [3.05, 3.63) is 54.1 Å². The maximum atomic E-state index is 13.0. The maximum absolute atomic E-state index is 13.0. The molecule has 1 heterocycles. The fourth-order valence-electron chi connectivity index (χ4n) is 5.80. The third-order valence-electron chi connectivity index (χ3n) is 7.42. The van der Waals surface area contributed by atoms with Gasteiger partial charge in [0.1, 0.15) is 5.66 Å². The summed E-state index contributed by atoms with van der Waals surface area (Å²) >= 11 is 0. The Hall–Kier alpha value is -3.22. The number of fused-ring (bicyclic) bond motifs is 3. The minimum absolute atomic E-state index is 0.000355. The number of para-hydroxylation sites is 3. The monoisotopic (exact) mass is 449 g/mol. The second-order valence-electron chi connectivity index (χ2n) is 9.32.